The minimum Gasteiger partial charge on any atom is -0.487 e. The van der Waals surface area contributed by atoms with Crippen LogP contribution in [0.25, 0.3) is 22.3 Å². The van der Waals surface area contributed by atoms with E-state index in [4.69, 9.17) is 4.74 Å². The van der Waals surface area contributed by atoms with Crippen molar-refractivity contribution in [3.63, 3.8) is 0 Å². The molecule has 0 fully saturated rings. The molecule has 0 atom stereocenters. The molecule has 0 aliphatic heterocycles. The van der Waals surface area contributed by atoms with Crippen LogP contribution < -0.4 is 10.3 Å². The normalized spacial score (nSPS) is 10.9. The van der Waals surface area contributed by atoms with Gasteiger partial charge in [-0.3, -0.25) is 4.79 Å². The zero-order valence-corrected chi connectivity index (χ0v) is 17.2. The van der Waals surface area contributed by atoms with Gasteiger partial charge in [0.1, 0.15) is 18.2 Å². The highest BCUT2D eigenvalue weighted by atomic mass is 79.9. The highest BCUT2D eigenvalue weighted by molar-refractivity contribution is 9.11. The van der Waals surface area contributed by atoms with Gasteiger partial charge in [-0.1, -0.05) is 58.4 Å². The first-order valence-electron chi connectivity index (χ1n) is 8.27. The average molecular weight is 486 g/mol. The Morgan fingerprint density at radius 2 is 1.70 bits per heavy atom. The predicted molar refractivity (Wildman–Crippen MR) is 114 cm³/mol. The maximum absolute atomic E-state index is 12.5. The number of fused-ring (bicyclic) bond motifs is 1. The minimum atomic E-state index is -0.180. The molecule has 4 aromatic rings. The number of nitrogens with one attached hydrogen (secondary N) is 1. The molecule has 6 heteroatoms. The summed E-state index contributed by atoms with van der Waals surface area (Å²) in [7, 11) is 0. The Kier molecular flexibility index (Phi) is 5.09. The van der Waals surface area contributed by atoms with Crippen molar-refractivity contribution >= 4 is 42.8 Å². The number of rotatable bonds is 4. The quantitative estimate of drug-likeness (QED) is 0.403. The lowest BCUT2D eigenvalue weighted by molar-refractivity contribution is 0.305. The molecule has 0 spiro atoms. The molecule has 1 aromatic heterocycles. The first kappa shape index (κ1) is 17.9. The molecule has 0 amide bonds. The van der Waals surface area contributed by atoms with Gasteiger partial charge < -0.3 is 9.72 Å². The summed E-state index contributed by atoms with van der Waals surface area (Å²) in [6, 6.07) is 21.0. The average Bonchev–Trinajstić information content (AvgIpc) is 2.67. The molecule has 3 aromatic carbocycles. The number of aromatic amines is 1. The van der Waals surface area contributed by atoms with Crippen LogP contribution in [0.4, 0.5) is 0 Å². The number of aromatic nitrogens is 2. The van der Waals surface area contributed by atoms with E-state index in [1.54, 1.807) is 6.07 Å². The topological polar surface area (TPSA) is 55.0 Å². The second kappa shape index (κ2) is 7.66. The maximum Gasteiger partial charge on any atom is 0.259 e. The van der Waals surface area contributed by atoms with Crippen molar-refractivity contribution < 1.29 is 4.74 Å². The molecule has 27 heavy (non-hydrogen) atoms. The Morgan fingerprint density at radius 3 is 2.52 bits per heavy atom. The number of hydrogen-bond donors (Lipinski definition) is 1. The van der Waals surface area contributed by atoms with Gasteiger partial charge in [0, 0.05) is 4.47 Å². The van der Waals surface area contributed by atoms with Crippen molar-refractivity contribution in [2.75, 3.05) is 0 Å². The fourth-order valence-corrected chi connectivity index (χ4v) is 4.17. The van der Waals surface area contributed by atoms with Crippen LogP contribution in [0.15, 0.2) is 80.5 Å². The van der Waals surface area contributed by atoms with Crippen molar-refractivity contribution in [1.82, 2.24) is 9.97 Å². The Morgan fingerprint density at radius 1 is 0.963 bits per heavy atom. The van der Waals surface area contributed by atoms with E-state index in [1.807, 2.05) is 60.7 Å². The Bertz CT molecular complexity index is 1170. The molecule has 4 rings (SSSR count). The fraction of sp³-hybridized carbons (Fsp3) is 0.0476. The highest BCUT2D eigenvalue weighted by Gasteiger charge is 2.16. The summed E-state index contributed by atoms with van der Waals surface area (Å²) in [4.78, 5) is 20.0. The Balaban J connectivity index is 1.81. The van der Waals surface area contributed by atoms with Crippen LogP contribution in [0.1, 0.15) is 5.56 Å². The van der Waals surface area contributed by atoms with Crippen LogP contribution in [0, 0.1) is 0 Å². The second-order valence-corrected chi connectivity index (χ2v) is 7.74. The van der Waals surface area contributed by atoms with Gasteiger partial charge in [-0.25, -0.2) is 4.98 Å². The van der Waals surface area contributed by atoms with E-state index in [1.165, 1.54) is 0 Å². The van der Waals surface area contributed by atoms with E-state index in [9.17, 15) is 4.79 Å². The van der Waals surface area contributed by atoms with E-state index in [-0.39, 0.29) is 5.56 Å². The third-order valence-corrected chi connectivity index (χ3v) is 5.15. The molecule has 1 N–H and O–H groups in total. The van der Waals surface area contributed by atoms with Gasteiger partial charge in [0.2, 0.25) is 0 Å². The summed E-state index contributed by atoms with van der Waals surface area (Å²) < 4.78 is 7.72. The van der Waals surface area contributed by atoms with Gasteiger partial charge in [-0.2, -0.15) is 0 Å². The molecular formula is C21H14Br2N2O2. The van der Waals surface area contributed by atoms with Gasteiger partial charge in [0.25, 0.3) is 5.56 Å². The number of para-hydroxylation sites is 1. The lowest BCUT2D eigenvalue weighted by atomic mass is 10.1. The lowest BCUT2D eigenvalue weighted by Gasteiger charge is -2.14. The number of hydrogen-bond acceptors (Lipinski definition) is 3. The molecule has 1 heterocycles. The third-order valence-electron chi connectivity index (χ3n) is 4.10. The number of halogens is 2. The minimum absolute atomic E-state index is 0.180. The molecular weight excluding hydrogens is 472 g/mol. The lowest BCUT2D eigenvalue weighted by Crippen LogP contribution is -2.10. The standard InChI is InChI=1S/C21H14Br2N2O2/c22-14-10-16(20-24-18-9-5-4-8-15(18)21(26)25-20)19(17(23)11-14)27-12-13-6-2-1-3-7-13/h1-11H,12H2,(H,24,25,26). The van der Waals surface area contributed by atoms with Crippen LogP contribution >= 0.6 is 31.9 Å². The Labute approximate surface area is 172 Å². The van der Waals surface area contributed by atoms with Gasteiger partial charge in [-0.05, 0) is 45.8 Å². The zero-order valence-electron chi connectivity index (χ0n) is 14.1. The third kappa shape index (κ3) is 3.82. The molecule has 0 aliphatic carbocycles. The smallest absolute Gasteiger partial charge is 0.259 e. The summed E-state index contributed by atoms with van der Waals surface area (Å²) in [6.07, 6.45) is 0. The van der Waals surface area contributed by atoms with Crippen molar-refractivity contribution in [3.05, 3.63) is 91.6 Å². The molecule has 0 aliphatic rings. The summed E-state index contributed by atoms with van der Waals surface area (Å²) in [6.45, 7) is 0.409. The summed E-state index contributed by atoms with van der Waals surface area (Å²) in [5.74, 6) is 1.09. The molecule has 0 bridgehead atoms. The van der Waals surface area contributed by atoms with Gasteiger partial charge in [-0.15, -0.1) is 0 Å². The fourth-order valence-electron chi connectivity index (χ4n) is 2.83. The van der Waals surface area contributed by atoms with Gasteiger partial charge in [0.05, 0.1) is 20.9 Å². The molecule has 0 saturated carbocycles. The molecule has 0 unspecified atom stereocenters. The number of benzene rings is 3. The van der Waals surface area contributed by atoms with Crippen LogP contribution in [-0.2, 0) is 6.61 Å². The van der Waals surface area contributed by atoms with Crippen LogP contribution in [0.5, 0.6) is 5.75 Å². The SMILES string of the molecule is O=c1[nH]c(-c2cc(Br)cc(Br)c2OCc2ccccc2)nc2ccccc12. The highest BCUT2D eigenvalue weighted by Crippen LogP contribution is 2.38. The number of H-pyrrole nitrogens is 1. The predicted octanol–water partition coefficient (Wildman–Crippen LogP) is 5.69. The molecule has 134 valence electrons. The van der Waals surface area contributed by atoms with Crippen LogP contribution in [0.2, 0.25) is 0 Å². The van der Waals surface area contributed by atoms with Crippen molar-refractivity contribution in [3.8, 4) is 17.1 Å². The van der Waals surface area contributed by atoms with Crippen molar-refractivity contribution in [2.24, 2.45) is 0 Å². The zero-order chi connectivity index (χ0) is 18.8. The van der Waals surface area contributed by atoms with E-state index >= 15 is 0 Å². The van der Waals surface area contributed by atoms with E-state index in [0.29, 0.717) is 34.6 Å². The number of nitrogens with zero attached hydrogens (tertiary/aromatic N) is 1. The summed E-state index contributed by atoms with van der Waals surface area (Å²) >= 11 is 7.07. The summed E-state index contributed by atoms with van der Waals surface area (Å²) in [5.41, 5.74) is 2.22. The molecule has 4 nitrogen and oxygen atoms in total. The van der Waals surface area contributed by atoms with E-state index in [2.05, 4.69) is 41.8 Å². The first-order valence-corrected chi connectivity index (χ1v) is 9.85. The van der Waals surface area contributed by atoms with Crippen molar-refractivity contribution in [1.29, 1.82) is 0 Å². The van der Waals surface area contributed by atoms with E-state index in [0.717, 1.165) is 14.5 Å². The molecule has 0 radical (unpaired) electrons. The van der Waals surface area contributed by atoms with Gasteiger partial charge >= 0.3 is 0 Å². The first-order chi connectivity index (χ1) is 13.1. The van der Waals surface area contributed by atoms with E-state index < -0.39 is 0 Å². The largest absolute Gasteiger partial charge is 0.487 e. The molecule has 0 saturated heterocycles. The Hall–Kier alpha value is -2.44. The second-order valence-electron chi connectivity index (χ2n) is 5.97. The summed E-state index contributed by atoms with van der Waals surface area (Å²) in [5, 5.41) is 0.557. The van der Waals surface area contributed by atoms with Crippen molar-refractivity contribution in [2.45, 2.75) is 6.61 Å². The van der Waals surface area contributed by atoms with Gasteiger partial charge in [0.15, 0.2) is 0 Å². The van der Waals surface area contributed by atoms with Crippen LogP contribution in [-0.4, -0.2) is 9.97 Å². The monoisotopic (exact) mass is 484 g/mol. The number of ether oxygens (including phenoxy) is 1. The van der Waals surface area contributed by atoms with Crippen LogP contribution in [0.3, 0.4) is 0 Å². The maximum atomic E-state index is 12.5.